The summed E-state index contributed by atoms with van der Waals surface area (Å²) in [4.78, 5) is 2.85. The van der Waals surface area contributed by atoms with Crippen LogP contribution in [0.5, 0.6) is 17.4 Å². The first kappa shape index (κ1) is 17.7. The Morgan fingerprint density at radius 3 is 2.36 bits per heavy atom. The van der Waals surface area contributed by atoms with E-state index in [-0.39, 0.29) is 11.0 Å². The van der Waals surface area contributed by atoms with Crippen LogP contribution in [0.25, 0.3) is 10.9 Å². The fourth-order valence-corrected chi connectivity index (χ4v) is 2.85. The Morgan fingerprint density at radius 2 is 1.57 bits per heavy atom. The number of benzene rings is 3. The lowest BCUT2D eigenvalue weighted by Gasteiger charge is -2.07. The van der Waals surface area contributed by atoms with E-state index in [4.69, 9.17) is 17.0 Å². The van der Waals surface area contributed by atoms with Gasteiger partial charge in [-0.1, -0.05) is 36.4 Å². The number of ether oxygens (including phenoxy) is 1. The fourth-order valence-electron chi connectivity index (χ4n) is 2.69. The largest absolute Gasteiger partial charge is 0.493 e. The number of azo groups is 1. The first-order valence-corrected chi connectivity index (χ1v) is 8.95. The molecule has 0 unspecified atom stereocenters. The highest BCUT2D eigenvalue weighted by Gasteiger charge is 2.09. The Bertz CT molecular complexity index is 1140. The molecule has 138 valence electrons. The van der Waals surface area contributed by atoms with Crippen molar-refractivity contribution in [2.45, 2.75) is 0 Å². The van der Waals surface area contributed by atoms with Gasteiger partial charge in [0.05, 0.1) is 5.52 Å². The van der Waals surface area contributed by atoms with Crippen molar-refractivity contribution in [3.05, 3.63) is 78.9 Å². The van der Waals surface area contributed by atoms with E-state index in [1.807, 2.05) is 78.9 Å². The predicted octanol–water partition coefficient (Wildman–Crippen LogP) is 6.15. The fraction of sp³-hybridized carbons (Fsp3) is 0. The first-order valence-electron chi connectivity index (χ1n) is 8.54. The number of fused-ring (bicyclic) bond motifs is 1. The van der Waals surface area contributed by atoms with Crippen LogP contribution < -0.4 is 10.1 Å². The highest BCUT2D eigenvalue weighted by atomic mass is 32.1. The molecule has 0 amide bonds. The zero-order valence-corrected chi connectivity index (χ0v) is 15.5. The number of hydrogen-bond acceptors (Lipinski definition) is 4. The van der Waals surface area contributed by atoms with Crippen molar-refractivity contribution in [3.63, 3.8) is 0 Å². The maximum absolute atomic E-state index is 10.0. The van der Waals surface area contributed by atoms with Gasteiger partial charge in [-0.3, -0.25) is 0 Å². The van der Waals surface area contributed by atoms with Crippen LogP contribution in [0.1, 0.15) is 0 Å². The van der Waals surface area contributed by atoms with Crippen molar-refractivity contribution in [2.75, 3.05) is 5.32 Å². The lowest BCUT2D eigenvalue weighted by atomic mass is 10.2. The molecule has 0 fully saturated rings. The summed E-state index contributed by atoms with van der Waals surface area (Å²) in [6, 6.07) is 24.3. The van der Waals surface area contributed by atoms with Crippen LogP contribution in [-0.2, 0) is 0 Å². The minimum atomic E-state index is -0.0461. The van der Waals surface area contributed by atoms with Gasteiger partial charge >= 0.3 is 0 Å². The Labute approximate surface area is 166 Å². The number of aromatic hydroxyl groups is 1. The summed E-state index contributed by atoms with van der Waals surface area (Å²) in [5.74, 6) is 1.44. The van der Waals surface area contributed by atoms with E-state index in [0.29, 0.717) is 11.4 Å². The van der Waals surface area contributed by atoms with E-state index in [1.54, 1.807) is 0 Å². The number of anilines is 1. The lowest BCUT2D eigenvalue weighted by Crippen LogP contribution is -2.04. The third-order valence-electron chi connectivity index (χ3n) is 3.98. The summed E-state index contributed by atoms with van der Waals surface area (Å²) in [6.07, 6.45) is 0. The van der Waals surface area contributed by atoms with Crippen LogP contribution in [0.3, 0.4) is 0 Å². The normalized spacial score (nSPS) is 11.0. The topological polar surface area (TPSA) is 82.0 Å². The average molecular weight is 388 g/mol. The summed E-state index contributed by atoms with van der Waals surface area (Å²) in [5.41, 5.74) is 1.89. The molecule has 0 bridgehead atoms. The molecule has 3 aromatic carbocycles. The SMILES string of the molecule is Oc1[nH]c2ccccc2c1N=NC(=S)Nc1ccc(Oc2ccccc2)cc1. The zero-order valence-electron chi connectivity index (χ0n) is 14.7. The Kier molecular flexibility index (Phi) is 4.99. The van der Waals surface area contributed by atoms with E-state index >= 15 is 0 Å². The number of aromatic nitrogens is 1. The summed E-state index contributed by atoms with van der Waals surface area (Å²) in [7, 11) is 0. The summed E-state index contributed by atoms with van der Waals surface area (Å²) in [5, 5.41) is 22.0. The van der Waals surface area contributed by atoms with Crippen LogP contribution in [0.2, 0.25) is 0 Å². The minimum absolute atomic E-state index is 0.0461. The molecule has 1 aromatic heterocycles. The van der Waals surface area contributed by atoms with Crippen molar-refractivity contribution < 1.29 is 9.84 Å². The second-order valence-corrected chi connectivity index (χ2v) is 6.32. The van der Waals surface area contributed by atoms with Crippen LogP contribution >= 0.6 is 12.2 Å². The molecular formula is C21H16N4O2S. The molecule has 0 atom stereocenters. The molecule has 0 aliphatic rings. The first-order chi connectivity index (χ1) is 13.7. The van der Waals surface area contributed by atoms with E-state index in [1.165, 1.54) is 0 Å². The van der Waals surface area contributed by atoms with Gasteiger partial charge in [-0.05, 0) is 54.7 Å². The third kappa shape index (κ3) is 3.99. The van der Waals surface area contributed by atoms with Gasteiger partial charge in [0.25, 0.3) is 0 Å². The molecule has 4 aromatic rings. The van der Waals surface area contributed by atoms with E-state index in [9.17, 15) is 5.11 Å². The number of para-hydroxylation sites is 2. The molecule has 0 aliphatic carbocycles. The van der Waals surface area contributed by atoms with Crippen molar-refractivity contribution in [1.82, 2.24) is 4.98 Å². The van der Waals surface area contributed by atoms with E-state index < -0.39 is 0 Å². The van der Waals surface area contributed by atoms with Gasteiger partial charge in [0, 0.05) is 11.1 Å². The second-order valence-electron chi connectivity index (χ2n) is 5.94. The smallest absolute Gasteiger partial charge is 0.218 e. The summed E-state index contributed by atoms with van der Waals surface area (Å²) in [6.45, 7) is 0. The molecular weight excluding hydrogens is 372 g/mol. The molecule has 7 heteroatoms. The quantitative estimate of drug-likeness (QED) is 0.289. The zero-order chi connectivity index (χ0) is 19.3. The van der Waals surface area contributed by atoms with E-state index in [0.717, 1.165) is 22.3 Å². The van der Waals surface area contributed by atoms with Gasteiger partial charge in [0.2, 0.25) is 11.0 Å². The average Bonchev–Trinajstić information content (AvgIpc) is 3.04. The standard InChI is InChI=1S/C21H16N4O2S/c26-20-19(17-8-4-5-9-18(17)23-20)24-25-21(28)22-14-10-12-16(13-11-14)27-15-6-2-1-3-7-15/h1-13,23,26H,(H,22,28). The van der Waals surface area contributed by atoms with Gasteiger partial charge in [0.1, 0.15) is 11.5 Å². The van der Waals surface area contributed by atoms with Crippen molar-refractivity contribution >= 4 is 39.6 Å². The van der Waals surface area contributed by atoms with Crippen LogP contribution in [0, 0.1) is 0 Å². The molecule has 0 spiro atoms. The maximum atomic E-state index is 10.0. The lowest BCUT2D eigenvalue weighted by molar-refractivity contribution is 0.459. The number of hydrogen-bond donors (Lipinski definition) is 3. The summed E-state index contributed by atoms with van der Waals surface area (Å²) >= 11 is 5.22. The molecule has 1 heterocycles. The number of thiocarbonyl (C=S) groups is 1. The Morgan fingerprint density at radius 1 is 0.893 bits per heavy atom. The molecule has 6 nitrogen and oxygen atoms in total. The number of nitrogens with zero attached hydrogens (tertiary/aromatic N) is 2. The molecule has 4 rings (SSSR count). The van der Waals surface area contributed by atoms with Crippen LogP contribution in [0.15, 0.2) is 89.1 Å². The van der Waals surface area contributed by atoms with Gasteiger partial charge < -0.3 is 20.1 Å². The van der Waals surface area contributed by atoms with Gasteiger partial charge in [0.15, 0.2) is 5.69 Å². The monoisotopic (exact) mass is 388 g/mol. The van der Waals surface area contributed by atoms with Crippen LogP contribution in [-0.4, -0.2) is 15.2 Å². The molecule has 0 saturated heterocycles. The van der Waals surface area contributed by atoms with Crippen molar-refractivity contribution in [1.29, 1.82) is 0 Å². The number of nitrogens with one attached hydrogen (secondary N) is 2. The minimum Gasteiger partial charge on any atom is -0.493 e. The van der Waals surface area contributed by atoms with Crippen molar-refractivity contribution in [2.24, 2.45) is 10.2 Å². The second kappa shape index (κ2) is 7.89. The maximum Gasteiger partial charge on any atom is 0.218 e. The molecule has 0 aliphatic heterocycles. The van der Waals surface area contributed by atoms with Crippen LogP contribution in [0.4, 0.5) is 11.4 Å². The number of rotatable bonds is 4. The number of aromatic amines is 1. The Balaban J connectivity index is 1.42. The Hall–Kier alpha value is -3.71. The molecule has 0 radical (unpaired) electrons. The third-order valence-corrected chi connectivity index (χ3v) is 4.17. The summed E-state index contributed by atoms with van der Waals surface area (Å²) < 4.78 is 5.76. The molecule has 28 heavy (non-hydrogen) atoms. The molecule has 0 saturated carbocycles. The van der Waals surface area contributed by atoms with Gasteiger partial charge in [-0.15, -0.1) is 10.2 Å². The molecule has 3 N–H and O–H groups in total. The highest BCUT2D eigenvalue weighted by Crippen LogP contribution is 2.35. The highest BCUT2D eigenvalue weighted by molar-refractivity contribution is 7.80. The van der Waals surface area contributed by atoms with E-state index in [2.05, 4.69) is 20.5 Å². The predicted molar refractivity (Wildman–Crippen MR) is 114 cm³/mol. The van der Waals surface area contributed by atoms with Gasteiger partial charge in [-0.2, -0.15) is 0 Å². The van der Waals surface area contributed by atoms with Crippen molar-refractivity contribution in [3.8, 4) is 17.4 Å². The number of H-pyrrole nitrogens is 1. The van der Waals surface area contributed by atoms with Gasteiger partial charge in [-0.25, -0.2) is 0 Å².